The fourth-order valence-electron chi connectivity index (χ4n) is 3.73. The zero-order chi connectivity index (χ0) is 21.3. The van der Waals surface area contributed by atoms with Gasteiger partial charge in [-0.15, -0.1) is 0 Å². The number of fused-ring (bicyclic) bond motifs is 1. The van der Waals surface area contributed by atoms with Crippen molar-refractivity contribution in [2.45, 2.75) is 37.8 Å². The van der Waals surface area contributed by atoms with Gasteiger partial charge in [0.05, 0.1) is 39.8 Å². The van der Waals surface area contributed by atoms with E-state index in [0.29, 0.717) is 42.0 Å². The molecule has 2 aromatic carbocycles. The predicted octanol–water partition coefficient (Wildman–Crippen LogP) is 2.68. The second-order valence-electron chi connectivity index (χ2n) is 7.25. The van der Waals surface area contributed by atoms with Crippen LogP contribution in [0.4, 0.5) is 5.69 Å². The molecule has 0 aliphatic carbocycles. The minimum atomic E-state index is -3.79. The van der Waals surface area contributed by atoms with Crippen molar-refractivity contribution in [3.8, 4) is 0 Å². The van der Waals surface area contributed by atoms with Crippen LogP contribution in [-0.2, 0) is 21.3 Å². The van der Waals surface area contributed by atoms with E-state index in [2.05, 4.69) is 15.0 Å². The topological polar surface area (TPSA) is 102 Å². The molecule has 0 spiro atoms. The highest BCUT2D eigenvalue weighted by Crippen LogP contribution is 2.27. The third kappa shape index (κ3) is 3.90. The highest BCUT2D eigenvalue weighted by Gasteiger charge is 2.24. The van der Waals surface area contributed by atoms with Crippen LogP contribution in [0.5, 0.6) is 0 Å². The van der Waals surface area contributed by atoms with Crippen LogP contribution < -0.4 is 10.0 Å². The SMILES string of the molecule is CCn1c(C)nc2cc(NS(=O)(=O)c3ccccc3)cc(C(=O)N[C@@H]3CCOC3)c21. The van der Waals surface area contributed by atoms with Gasteiger partial charge in [0, 0.05) is 13.2 Å². The molecule has 0 bridgehead atoms. The number of ether oxygens (including phenoxy) is 1. The van der Waals surface area contributed by atoms with E-state index in [9.17, 15) is 13.2 Å². The summed E-state index contributed by atoms with van der Waals surface area (Å²) in [4.78, 5) is 17.8. The molecule has 1 fully saturated rings. The van der Waals surface area contributed by atoms with Gasteiger partial charge in [-0.3, -0.25) is 9.52 Å². The van der Waals surface area contributed by atoms with Gasteiger partial charge in [0.25, 0.3) is 15.9 Å². The predicted molar refractivity (Wildman–Crippen MR) is 114 cm³/mol. The third-order valence-corrected chi connectivity index (χ3v) is 6.56. The molecular weight excluding hydrogens is 404 g/mol. The van der Waals surface area contributed by atoms with E-state index in [4.69, 9.17) is 4.74 Å². The molecule has 0 radical (unpaired) electrons. The van der Waals surface area contributed by atoms with E-state index in [1.165, 1.54) is 12.1 Å². The number of carbonyl (C=O) groups is 1. The number of imidazole rings is 1. The number of aryl methyl sites for hydroxylation is 2. The van der Waals surface area contributed by atoms with E-state index < -0.39 is 10.0 Å². The van der Waals surface area contributed by atoms with Crippen LogP contribution >= 0.6 is 0 Å². The molecule has 3 aromatic rings. The molecule has 30 heavy (non-hydrogen) atoms. The lowest BCUT2D eigenvalue weighted by Crippen LogP contribution is -2.35. The molecule has 1 amide bonds. The first-order chi connectivity index (χ1) is 14.4. The molecule has 0 saturated carbocycles. The Morgan fingerprint density at radius 3 is 2.70 bits per heavy atom. The number of hydrogen-bond donors (Lipinski definition) is 2. The summed E-state index contributed by atoms with van der Waals surface area (Å²) < 4.78 is 35.4. The molecule has 0 unspecified atom stereocenters. The summed E-state index contributed by atoms with van der Waals surface area (Å²) in [5.41, 5.74) is 1.93. The maximum Gasteiger partial charge on any atom is 0.261 e. The molecule has 2 heterocycles. The Kier molecular flexibility index (Phi) is 5.48. The number of nitrogens with zero attached hydrogens (tertiary/aromatic N) is 2. The highest BCUT2D eigenvalue weighted by atomic mass is 32.2. The smallest absolute Gasteiger partial charge is 0.261 e. The fraction of sp³-hybridized carbons (Fsp3) is 0.333. The number of aromatic nitrogens is 2. The van der Waals surface area contributed by atoms with Crippen molar-refractivity contribution in [3.05, 3.63) is 53.9 Å². The number of hydrogen-bond acceptors (Lipinski definition) is 5. The fourth-order valence-corrected chi connectivity index (χ4v) is 4.79. The molecular formula is C21H24N4O4S. The lowest BCUT2D eigenvalue weighted by molar-refractivity contribution is 0.0931. The highest BCUT2D eigenvalue weighted by molar-refractivity contribution is 7.92. The maximum absolute atomic E-state index is 13.1. The second-order valence-corrected chi connectivity index (χ2v) is 8.93. The molecule has 1 aromatic heterocycles. The number of rotatable bonds is 6. The number of nitrogens with one attached hydrogen (secondary N) is 2. The number of amides is 1. The average molecular weight is 429 g/mol. The molecule has 4 rings (SSSR count). The Labute approximate surface area is 175 Å². The van der Waals surface area contributed by atoms with Crippen LogP contribution in [0.3, 0.4) is 0 Å². The Hall–Kier alpha value is -2.91. The summed E-state index contributed by atoms with van der Waals surface area (Å²) in [6.07, 6.45) is 0.751. The van der Waals surface area contributed by atoms with Gasteiger partial charge in [-0.2, -0.15) is 0 Å². The molecule has 8 nitrogen and oxygen atoms in total. The first-order valence-corrected chi connectivity index (χ1v) is 11.3. The van der Waals surface area contributed by atoms with Crippen molar-refractivity contribution in [1.82, 2.24) is 14.9 Å². The zero-order valence-electron chi connectivity index (χ0n) is 16.9. The number of benzene rings is 2. The van der Waals surface area contributed by atoms with Crippen molar-refractivity contribution in [2.24, 2.45) is 0 Å². The summed E-state index contributed by atoms with van der Waals surface area (Å²) in [7, 11) is -3.79. The van der Waals surface area contributed by atoms with Crippen LogP contribution in [0, 0.1) is 6.92 Å². The van der Waals surface area contributed by atoms with E-state index in [0.717, 1.165) is 12.2 Å². The average Bonchev–Trinajstić information content (AvgIpc) is 3.34. The zero-order valence-corrected chi connectivity index (χ0v) is 17.7. The molecule has 1 aliphatic rings. The van der Waals surface area contributed by atoms with E-state index in [1.807, 2.05) is 18.4 Å². The summed E-state index contributed by atoms with van der Waals surface area (Å²) in [5, 5.41) is 2.99. The molecule has 158 valence electrons. The summed E-state index contributed by atoms with van der Waals surface area (Å²) >= 11 is 0. The quantitative estimate of drug-likeness (QED) is 0.628. The number of sulfonamides is 1. The standard InChI is InChI=1S/C21H24N4O4S/c1-3-25-14(2)22-19-12-16(24-30(27,28)17-7-5-4-6-8-17)11-18(20(19)25)21(26)23-15-9-10-29-13-15/h4-8,11-12,15,24H,3,9-10,13H2,1-2H3,(H,23,26)/t15-/m1/s1. The van der Waals surface area contributed by atoms with Crippen molar-refractivity contribution < 1.29 is 17.9 Å². The minimum Gasteiger partial charge on any atom is -0.379 e. The number of carbonyl (C=O) groups excluding carboxylic acids is 1. The minimum absolute atomic E-state index is 0.0590. The molecule has 9 heteroatoms. The lowest BCUT2D eigenvalue weighted by Gasteiger charge is -2.15. The van der Waals surface area contributed by atoms with Gasteiger partial charge < -0.3 is 14.6 Å². The second kappa shape index (κ2) is 8.08. The molecule has 2 N–H and O–H groups in total. The van der Waals surface area contributed by atoms with Crippen molar-refractivity contribution in [1.29, 1.82) is 0 Å². The van der Waals surface area contributed by atoms with Gasteiger partial charge >= 0.3 is 0 Å². The molecule has 1 atom stereocenters. The van der Waals surface area contributed by atoms with Crippen molar-refractivity contribution in [2.75, 3.05) is 17.9 Å². The molecule has 1 aliphatic heterocycles. The Balaban J connectivity index is 1.77. The van der Waals surface area contributed by atoms with E-state index in [1.54, 1.807) is 30.3 Å². The Bertz CT molecular complexity index is 1180. The van der Waals surface area contributed by atoms with Crippen LogP contribution in [0.1, 0.15) is 29.5 Å². The summed E-state index contributed by atoms with van der Waals surface area (Å²) in [6, 6.07) is 11.3. The summed E-state index contributed by atoms with van der Waals surface area (Å²) in [5.74, 6) is 0.486. The van der Waals surface area contributed by atoms with Crippen molar-refractivity contribution in [3.63, 3.8) is 0 Å². The van der Waals surface area contributed by atoms with Crippen LogP contribution in [0.2, 0.25) is 0 Å². The Morgan fingerprint density at radius 1 is 1.27 bits per heavy atom. The van der Waals surface area contributed by atoms with Crippen molar-refractivity contribution >= 4 is 32.7 Å². The number of anilines is 1. The third-order valence-electron chi connectivity index (χ3n) is 5.16. The normalized spacial score (nSPS) is 16.7. The monoisotopic (exact) mass is 428 g/mol. The van der Waals surface area contributed by atoms with Crippen LogP contribution in [-0.4, -0.2) is 43.1 Å². The van der Waals surface area contributed by atoms with Gasteiger partial charge in [0.2, 0.25) is 0 Å². The van der Waals surface area contributed by atoms with E-state index in [-0.39, 0.29) is 16.8 Å². The largest absolute Gasteiger partial charge is 0.379 e. The Morgan fingerprint density at radius 2 is 2.03 bits per heavy atom. The first kappa shape index (κ1) is 20.4. The van der Waals surface area contributed by atoms with Crippen LogP contribution in [0.25, 0.3) is 11.0 Å². The lowest BCUT2D eigenvalue weighted by atomic mass is 10.1. The summed E-state index contributed by atoms with van der Waals surface area (Å²) in [6.45, 7) is 5.57. The van der Waals surface area contributed by atoms with Gasteiger partial charge in [-0.1, -0.05) is 18.2 Å². The van der Waals surface area contributed by atoms with Gasteiger partial charge in [-0.25, -0.2) is 13.4 Å². The van der Waals surface area contributed by atoms with Gasteiger partial charge in [-0.05, 0) is 44.5 Å². The van der Waals surface area contributed by atoms with Crippen LogP contribution in [0.15, 0.2) is 47.4 Å². The van der Waals surface area contributed by atoms with Gasteiger partial charge in [0.15, 0.2) is 0 Å². The molecule has 1 saturated heterocycles. The van der Waals surface area contributed by atoms with E-state index >= 15 is 0 Å². The first-order valence-electron chi connectivity index (χ1n) is 9.86. The van der Waals surface area contributed by atoms with Gasteiger partial charge in [0.1, 0.15) is 5.82 Å². The maximum atomic E-state index is 13.1.